The highest BCUT2D eigenvalue weighted by molar-refractivity contribution is 6.33. The van der Waals surface area contributed by atoms with E-state index in [9.17, 15) is 0 Å². The minimum absolute atomic E-state index is 0.222. The molecule has 0 spiro atoms. The van der Waals surface area contributed by atoms with Crippen LogP contribution in [0, 0.1) is 28.6 Å². The zero-order chi connectivity index (χ0) is 15.2. The molecular formula is C15H16ClN5. The lowest BCUT2D eigenvalue weighted by Gasteiger charge is -2.33. The van der Waals surface area contributed by atoms with Gasteiger partial charge in [-0.15, -0.1) is 0 Å². The summed E-state index contributed by atoms with van der Waals surface area (Å²) >= 11 is 6.33. The summed E-state index contributed by atoms with van der Waals surface area (Å²) in [7, 11) is 0. The summed E-state index contributed by atoms with van der Waals surface area (Å²) in [4.78, 5) is 2.29. The van der Waals surface area contributed by atoms with Gasteiger partial charge in [0.2, 0.25) is 5.71 Å². The Morgan fingerprint density at radius 1 is 1.43 bits per heavy atom. The molecule has 1 saturated heterocycles. The van der Waals surface area contributed by atoms with Crippen LogP contribution in [0.5, 0.6) is 0 Å². The number of benzene rings is 1. The average Bonchev–Trinajstić information content (AvgIpc) is 2.48. The van der Waals surface area contributed by atoms with Crippen LogP contribution in [0.3, 0.4) is 0 Å². The number of nitriles is 2. The molecule has 0 amide bonds. The van der Waals surface area contributed by atoms with E-state index in [0.717, 1.165) is 18.8 Å². The minimum Gasteiger partial charge on any atom is -0.370 e. The molecule has 1 unspecified atom stereocenters. The predicted octanol–water partition coefficient (Wildman–Crippen LogP) is 3.39. The molecule has 1 atom stereocenters. The van der Waals surface area contributed by atoms with Crippen molar-refractivity contribution in [3.05, 3.63) is 23.2 Å². The van der Waals surface area contributed by atoms with E-state index in [1.807, 2.05) is 12.1 Å². The smallest absolute Gasteiger partial charge is 0.237 e. The van der Waals surface area contributed by atoms with Gasteiger partial charge in [0.15, 0.2) is 0 Å². The number of hydrogen-bond acceptors (Lipinski definition) is 5. The van der Waals surface area contributed by atoms with Crippen molar-refractivity contribution in [1.29, 1.82) is 10.5 Å². The van der Waals surface area contributed by atoms with Crippen LogP contribution in [0.25, 0.3) is 0 Å². The van der Waals surface area contributed by atoms with Gasteiger partial charge >= 0.3 is 0 Å². The maximum atomic E-state index is 8.62. The number of piperidine rings is 1. The SMILES string of the molecule is CC1CCCN(c2ccc(NN=C(C#N)C#N)cc2Cl)C1. The molecule has 6 heteroatoms. The van der Waals surface area contributed by atoms with Crippen LogP contribution in [0.2, 0.25) is 5.02 Å². The van der Waals surface area contributed by atoms with E-state index in [0.29, 0.717) is 16.6 Å². The predicted molar refractivity (Wildman–Crippen MR) is 84.3 cm³/mol. The van der Waals surface area contributed by atoms with Crippen molar-refractivity contribution in [2.45, 2.75) is 19.8 Å². The van der Waals surface area contributed by atoms with Crippen molar-refractivity contribution in [3.8, 4) is 12.1 Å². The Balaban J connectivity index is 2.13. The molecule has 2 rings (SSSR count). The molecule has 21 heavy (non-hydrogen) atoms. The molecule has 1 heterocycles. The summed E-state index contributed by atoms with van der Waals surface area (Å²) in [5.74, 6) is 0.672. The Hall–Kier alpha value is -2.24. The van der Waals surface area contributed by atoms with Gasteiger partial charge in [-0.3, -0.25) is 5.43 Å². The van der Waals surface area contributed by atoms with Crippen molar-refractivity contribution < 1.29 is 0 Å². The largest absolute Gasteiger partial charge is 0.370 e. The van der Waals surface area contributed by atoms with E-state index in [2.05, 4.69) is 22.4 Å². The maximum Gasteiger partial charge on any atom is 0.237 e. The molecule has 1 aliphatic rings. The first-order valence-electron chi connectivity index (χ1n) is 6.82. The molecule has 0 aromatic heterocycles. The standard InChI is InChI=1S/C15H16ClN5/c1-11-3-2-6-21(10-11)15-5-4-12(7-14(15)16)19-20-13(8-17)9-18/h4-5,7,11,19H,2-3,6,10H2,1H3. The van der Waals surface area contributed by atoms with Crippen molar-refractivity contribution >= 4 is 28.7 Å². The first kappa shape index (κ1) is 15.2. The molecule has 0 radical (unpaired) electrons. The normalized spacial score (nSPS) is 17.5. The van der Waals surface area contributed by atoms with Gasteiger partial charge in [-0.2, -0.15) is 15.6 Å². The van der Waals surface area contributed by atoms with Crippen molar-refractivity contribution in [2.24, 2.45) is 11.0 Å². The highest BCUT2D eigenvalue weighted by atomic mass is 35.5. The third-order valence-electron chi connectivity index (χ3n) is 3.45. The van der Waals surface area contributed by atoms with Crippen LogP contribution in [0.4, 0.5) is 11.4 Å². The molecule has 0 bridgehead atoms. The van der Waals surface area contributed by atoms with E-state index in [1.165, 1.54) is 12.8 Å². The fourth-order valence-electron chi connectivity index (χ4n) is 2.44. The highest BCUT2D eigenvalue weighted by Crippen LogP contribution is 2.31. The summed E-state index contributed by atoms with van der Waals surface area (Å²) in [5.41, 5.74) is 4.11. The van der Waals surface area contributed by atoms with Crippen LogP contribution in [-0.2, 0) is 0 Å². The van der Waals surface area contributed by atoms with Gasteiger partial charge in [-0.05, 0) is 37.0 Å². The Labute approximate surface area is 129 Å². The van der Waals surface area contributed by atoms with Crippen molar-refractivity contribution in [1.82, 2.24) is 0 Å². The fraction of sp³-hybridized carbons (Fsp3) is 0.400. The van der Waals surface area contributed by atoms with Crippen molar-refractivity contribution in [2.75, 3.05) is 23.4 Å². The number of anilines is 2. The fourth-order valence-corrected chi connectivity index (χ4v) is 2.74. The monoisotopic (exact) mass is 301 g/mol. The Morgan fingerprint density at radius 2 is 2.19 bits per heavy atom. The molecule has 1 N–H and O–H groups in total. The van der Waals surface area contributed by atoms with Crippen LogP contribution in [0.1, 0.15) is 19.8 Å². The first-order chi connectivity index (χ1) is 10.1. The third kappa shape index (κ3) is 3.87. The van der Waals surface area contributed by atoms with Crippen LogP contribution < -0.4 is 10.3 Å². The number of nitrogens with one attached hydrogen (secondary N) is 1. The van der Waals surface area contributed by atoms with Gasteiger partial charge in [0.1, 0.15) is 12.1 Å². The van der Waals surface area contributed by atoms with Crippen LogP contribution >= 0.6 is 11.6 Å². The summed E-state index contributed by atoms with van der Waals surface area (Å²) < 4.78 is 0. The highest BCUT2D eigenvalue weighted by Gasteiger charge is 2.18. The van der Waals surface area contributed by atoms with Crippen molar-refractivity contribution in [3.63, 3.8) is 0 Å². The Kier molecular flexibility index (Phi) is 5.03. The number of halogens is 1. The molecule has 1 fully saturated rings. The van der Waals surface area contributed by atoms with E-state index in [4.69, 9.17) is 22.1 Å². The lowest BCUT2D eigenvalue weighted by atomic mass is 10.00. The number of hydrogen-bond donors (Lipinski definition) is 1. The minimum atomic E-state index is -0.222. The molecule has 5 nitrogen and oxygen atoms in total. The van der Waals surface area contributed by atoms with E-state index >= 15 is 0 Å². The average molecular weight is 302 g/mol. The molecule has 108 valence electrons. The van der Waals surface area contributed by atoms with Gasteiger partial charge in [0.05, 0.1) is 16.4 Å². The molecule has 1 aromatic carbocycles. The van der Waals surface area contributed by atoms with Gasteiger partial charge in [-0.25, -0.2) is 0 Å². The second kappa shape index (κ2) is 6.97. The topological polar surface area (TPSA) is 75.2 Å². The zero-order valence-electron chi connectivity index (χ0n) is 11.8. The van der Waals surface area contributed by atoms with Gasteiger partial charge in [0.25, 0.3) is 0 Å². The molecular weight excluding hydrogens is 286 g/mol. The van der Waals surface area contributed by atoms with Gasteiger partial charge in [0, 0.05) is 13.1 Å². The van der Waals surface area contributed by atoms with E-state index in [1.54, 1.807) is 18.2 Å². The van der Waals surface area contributed by atoms with Gasteiger partial charge < -0.3 is 4.90 Å². The first-order valence-corrected chi connectivity index (χ1v) is 7.20. The number of hydrazone groups is 1. The second-order valence-electron chi connectivity index (χ2n) is 5.16. The third-order valence-corrected chi connectivity index (χ3v) is 3.76. The lowest BCUT2D eigenvalue weighted by molar-refractivity contribution is 0.447. The molecule has 0 aliphatic carbocycles. The molecule has 1 aromatic rings. The summed E-state index contributed by atoms with van der Waals surface area (Å²) in [6, 6.07) is 8.92. The zero-order valence-corrected chi connectivity index (χ0v) is 12.6. The van der Waals surface area contributed by atoms with Crippen LogP contribution in [-0.4, -0.2) is 18.8 Å². The summed E-state index contributed by atoms with van der Waals surface area (Å²) in [6.45, 7) is 4.27. The van der Waals surface area contributed by atoms with Crippen LogP contribution in [0.15, 0.2) is 23.3 Å². The van der Waals surface area contributed by atoms with E-state index in [-0.39, 0.29) is 5.71 Å². The second-order valence-corrected chi connectivity index (χ2v) is 5.56. The quantitative estimate of drug-likeness (QED) is 0.686. The molecule has 0 saturated carbocycles. The maximum absolute atomic E-state index is 8.62. The summed E-state index contributed by atoms with van der Waals surface area (Å²) in [6.07, 6.45) is 2.43. The number of rotatable bonds is 3. The number of nitrogens with zero attached hydrogens (tertiary/aromatic N) is 4. The van der Waals surface area contributed by atoms with Gasteiger partial charge in [-0.1, -0.05) is 18.5 Å². The molecule has 1 aliphatic heterocycles. The lowest BCUT2D eigenvalue weighted by Crippen LogP contribution is -2.34. The Morgan fingerprint density at radius 3 is 2.81 bits per heavy atom. The Bertz CT molecular complexity index is 610. The summed E-state index contributed by atoms with van der Waals surface area (Å²) in [5, 5.41) is 21.6. The van der Waals surface area contributed by atoms with E-state index < -0.39 is 0 Å².